The summed E-state index contributed by atoms with van der Waals surface area (Å²) in [5.41, 5.74) is 1.39. The molecule has 0 saturated heterocycles. The van der Waals surface area contributed by atoms with E-state index in [-0.39, 0.29) is 5.41 Å². The summed E-state index contributed by atoms with van der Waals surface area (Å²) in [7, 11) is 0. The lowest BCUT2D eigenvalue weighted by Gasteiger charge is -2.17. The Kier molecular flexibility index (Phi) is 3.25. The second-order valence-electron chi connectivity index (χ2n) is 5.84. The number of carbonyl (C=O) groups excluding carboxylic acids is 1. The highest BCUT2D eigenvalue weighted by molar-refractivity contribution is 7.09. The van der Waals surface area contributed by atoms with Crippen LogP contribution in [-0.4, -0.2) is 11.0 Å². The molecule has 0 spiro atoms. The molecule has 0 bridgehead atoms. The van der Waals surface area contributed by atoms with Crippen molar-refractivity contribution >= 4 is 17.7 Å². The average Bonchev–Trinajstić information content (AvgIpc) is 2.96. The molecule has 0 atom stereocenters. The van der Waals surface area contributed by atoms with Crippen molar-refractivity contribution in [2.24, 2.45) is 10.9 Å². The summed E-state index contributed by atoms with van der Waals surface area (Å²) in [5.74, 6) is 0.793. The van der Waals surface area contributed by atoms with Crippen molar-refractivity contribution in [3.05, 3.63) is 15.4 Å². The maximum atomic E-state index is 10.6. The Morgan fingerprint density at radius 2 is 2.12 bits per heavy atom. The molecule has 3 nitrogen and oxygen atoms in total. The first-order valence-electron chi connectivity index (χ1n) is 6.11. The molecule has 1 saturated carbocycles. The van der Waals surface area contributed by atoms with Crippen molar-refractivity contribution in [3.63, 3.8) is 0 Å². The van der Waals surface area contributed by atoms with Crippen LogP contribution in [0.4, 0.5) is 0 Å². The zero-order valence-corrected chi connectivity index (χ0v) is 11.8. The third-order valence-electron chi connectivity index (χ3n) is 3.14. The first-order chi connectivity index (χ1) is 7.93. The van der Waals surface area contributed by atoms with Gasteiger partial charge in [-0.3, -0.25) is 4.79 Å². The fourth-order valence-electron chi connectivity index (χ4n) is 2.10. The van der Waals surface area contributed by atoms with Gasteiger partial charge in [-0.1, -0.05) is 20.8 Å². The molecule has 1 heterocycles. The highest BCUT2D eigenvalue weighted by Crippen LogP contribution is 2.33. The molecule has 0 N–H and O–H groups in total. The second-order valence-corrected chi connectivity index (χ2v) is 6.82. The standard InChI is InChI=1S/C13H20N2OS/c1-9-11(13(2,3)4)17-12(14-8-16)15(9)7-10-5-6-10/h8,10H,5-7H2,1-4H3. The Balaban J connectivity index is 2.50. The Hall–Kier alpha value is -0.900. The van der Waals surface area contributed by atoms with Crippen LogP contribution in [0.2, 0.25) is 0 Å². The van der Waals surface area contributed by atoms with Gasteiger partial charge in [0, 0.05) is 17.1 Å². The van der Waals surface area contributed by atoms with Gasteiger partial charge in [0.2, 0.25) is 6.41 Å². The molecular formula is C13H20N2OS. The molecule has 1 amide bonds. The van der Waals surface area contributed by atoms with Gasteiger partial charge in [-0.05, 0) is 31.1 Å². The normalized spacial score (nSPS) is 17.5. The fourth-order valence-corrected chi connectivity index (χ4v) is 3.26. The summed E-state index contributed by atoms with van der Waals surface area (Å²) in [6.45, 7) is 9.78. The SMILES string of the molecule is Cc1c(C(C)(C)C)sc(=NC=O)n1CC1CC1. The van der Waals surface area contributed by atoms with Crippen LogP contribution in [0.5, 0.6) is 0 Å². The smallest absolute Gasteiger partial charge is 0.235 e. The minimum atomic E-state index is 0.122. The van der Waals surface area contributed by atoms with E-state index in [2.05, 4.69) is 37.3 Å². The van der Waals surface area contributed by atoms with Crippen molar-refractivity contribution in [2.75, 3.05) is 0 Å². The number of rotatable bonds is 3. The van der Waals surface area contributed by atoms with E-state index in [1.807, 2.05) is 0 Å². The molecule has 1 aliphatic rings. The number of carbonyl (C=O) groups is 1. The highest BCUT2D eigenvalue weighted by atomic mass is 32.1. The van der Waals surface area contributed by atoms with Crippen LogP contribution in [0.15, 0.2) is 4.99 Å². The lowest BCUT2D eigenvalue weighted by Crippen LogP contribution is -2.18. The van der Waals surface area contributed by atoms with Gasteiger partial charge in [-0.2, -0.15) is 4.99 Å². The number of hydrogen-bond donors (Lipinski definition) is 0. The molecule has 0 aliphatic heterocycles. The minimum Gasteiger partial charge on any atom is -0.320 e. The third-order valence-corrected chi connectivity index (χ3v) is 4.76. The minimum absolute atomic E-state index is 0.122. The molecule has 0 aromatic carbocycles. The van der Waals surface area contributed by atoms with Crippen molar-refractivity contribution in [2.45, 2.75) is 52.5 Å². The molecular weight excluding hydrogens is 232 g/mol. The maximum Gasteiger partial charge on any atom is 0.235 e. The van der Waals surface area contributed by atoms with Crippen molar-refractivity contribution in [3.8, 4) is 0 Å². The van der Waals surface area contributed by atoms with Gasteiger partial charge in [0.05, 0.1) is 0 Å². The quantitative estimate of drug-likeness (QED) is 0.761. The molecule has 4 heteroatoms. The summed E-state index contributed by atoms with van der Waals surface area (Å²) in [6.07, 6.45) is 3.28. The van der Waals surface area contributed by atoms with Crippen LogP contribution in [0.3, 0.4) is 0 Å². The number of aromatic nitrogens is 1. The zero-order chi connectivity index (χ0) is 12.6. The van der Waals surface area contributed by atoms with Crippen LogP contribution in [0.1, 0.15) is 44.2 Å². The predicted octanol–water partition coefficient (Wildman–Crippen LogP) is 2.62. The summed E-state index contributed by atoms with van der Waals surface area (Å²) in [5, 5.41) is 0. The van der Waals surface area contributed by atoms with Gasteiger partial charge in [-0.25, -0.2) is 0 Å². The summed E-state index contributed by atoms with van der Waals surface area (Å²) < 4.78 is 2.22. The van der Waals surface area contributed by atoms with E-state index in [0.29, 0.717) is 6.41 Å². The van der Waals surface area contributed by atoms with Crippen molar-refractivity contribution in [1.82, 2.24) is 4.57 Å². The molecule has 0 unspecified atom stereocenters. The Labute approximate surface area is 106 Å². The Morgan fingerprint density at radius 3 is 2.59 bits per heavy atom. The number of thiazole rings is 1. The molecule has 1 aliphatic carbocycles. The van der Waals surface area contributed by atoms with Gasteiger partial charge in [0.25, 0.3) is 0 Å². The predicted molar refractivity (Wildman–Crippen MR) is 70.1 cm³/mol. The Morgan fingerprint density at radius 1 is 1.47 bits per heavy atom. The number of hydrogen-bond acceptors (Lipinski definition) is 2. The van der Waals surface area contributed by atoms with Gasteiger partial charge in [-0.15, -0.1) is 11.3 Å². The number of amides is 1. The lowest BCUT2D eigenvalue weighted by molar-refractivity contribution is -0.107. The molecule has 1 fully saturated rings. The second kappa shape index (κ2) is 4.41. The maximum absolute atomic E-state index is 10.6. The van der Waals surface area contributed by atoms with Crippen LogP contribution in [0.25, 0.3) is 0 Å². The number of nitrogens with zero attached hydrogens (tertiary/aromatic N) is 2. The largest absolute Gasteiger partial charge is 0.320 e. The van der Waals surface area contributed by atoms with E-state index >= 15 is 0 Å². The molecule has 94 valence electrons. The fraction of sp³-hybridized carbons (Fsp3) is 0.692. The third kappa shape index (κ3) is 2.68. The Bertz CT molecular complexity index is 486. The van der Waals surface area contributed by atoms with E-state index in [0.717, 1.165) is 17.3 Å². The topological polar surface area (TPSA) is 34.4 Å². The summed E-state index contributed by atoms with van der Waals surface area (Å²) in [4.78, 5) is 16.8. The van der Waals surface area contributed by atoms with E-state index in [4.69, 9.17) is 0 Å². The van der Waals surface area contributed by atoms with Crippen molar-refractivity contribution in [1.29, 1.82) is 0 Å². The molecule has 17 heavy (non-hydrogen) atoms. The van der Waals surface area contributed by atoms with E-state index in [1.165, 1.54) is 23.4 Å². The van der Waals surface area contributed by atoms with Gasteiger partial charge < -0.3 is 4.57 Å². The van der Waals surface area contributed by atoms with Gasteiger partial charge in [0.15, 0.2) is 4.80 Å². The van der Waals surface area contributed by atoms with E-state index in [1.54, 1.807) is 11.3 Å². The zero-order valence-electron chi connectivity index (χ0n) is 11.0. The van der Waals surface area contributed by atoms with Crippen LogP contribution in [0, 0.1) is 12.8 Å². The first-order valence-corrected chi connectivity index (χ1v) is 6.93. The first kappa shape index (κ1) is 12.6. The molecule has 1 aromatic heterocycles. The van der Waals surface area contributed by atoms with Crippen LogP contribution >= 0.6 is 11.3 Å². The molecule has 1 aromatic rings. The van der Waals surface area contributed by atoms with Gasteiger partial charge in [0.1, 0.15) is 0 Å². The molecule has 2 rings (SSSR count). The highest BCUT2D eigenvalue weighted by Gasteiger charge is 2.26. The summed E-state index contributed by atoms with van der Waals surface area (Å²) in [6, 6.07) is 0. The summed E-state index contributed by atoms with van der Waals surface area (Å²) >= 11 is 1.65. The monoisotopic (exact) mass is 252 g/mol. The van der Waals surface area contributed by atoms with Gasteiger partial charge >= 0.3 is 0 Å². The average molecular weight is 252 g/mol. The van der Waals surface area contributed by atoms with Crippen LogP contribution < -0.4 is 4.80 Å². The van der Waals surface area contributed by atoms with Crippen molar-refractivity contribution < 1.29 is 4.79 Å². The van der Waals surface area contributed by atoms with E-state index < -0.39 is 0 Å². The molecule has 0 radical (unpaired) electrons. The van der Waals surface area contributed by atoms with Crippen LogP contribution in [-0.2, 0) is 16.8 Å². The van der Waals surface area contributed by atoms with E-state index in [9.17, 15) is 4.79 Å². The lowest BCUT2D eigenvalue weighted by atomic mass is 9.93.